The van der Waals surface area contributed by atoms with Gasteiger partial charge in [0.25, 0.3) is 0 Å². The summed E-state index contributed by atoms with van der Waals surface area (Å²) in [6.45, 7) is 0.505. The maximum atomic E-state index is 10.6. The van der Waals surface area contributed by atoms with Crippen LogP contribution in [0.5, 0.6) is 5.75 Å². The summed E-state index contributed by atoms with van der Waals surface area (Å²) in [6.07, 6.45) is 0.776. The topological polar surface area (TPSA) is 35.5 Å². The molecule has 0 unspecified atom stereocenters. The number of carbonyl (C=O) groups is 1. The van der Waals surface area contributed by atoms with Crippen molar-refractivity contribution in [2.45, 2.75) is 6.61 Å². The van der Waals surface area contributed by atoms with E-state index in [0.29, 0.717) is 17.9 Å². The molecular formula is C10H12O3. The molecule has 70 valence electrons. The molecular weight excluding hydrogens is 168 g/mol. The van der Waals surface area contributed by atoms with E-state index in [4.69, 9.17) is 9.47 Å². The quantitative estimate of drug-likeness (QED) is 0.661. The van der Waals surface area contributed by atoms with E-state index in [-0.39, 0.29) is 0 Å². The largest absolute Gasteiger partial charge is 0.496 e. The van der Waals surface area contributed by atoms with Gasteiger partial charge < -0.3 is 9.47 Å². The highest BCUT2D eigenvalue weighted by Gasteiger charge is 2.02. The Morgan fingerprint density at radius 1 is 1.38 bits per heavy atom. The fourth-order valence-electron chi connectivity index (χ4n) is 1.13. The molecule has 0 amide bonds. The number of methoxy groups -OCH3 is 2. The van der Waals surface area contributed by atoms with Crippen molar-refractivity contribution in [2.24, 2.45) is 0 Å². The molecule has 1 rings (SSSR count). The van der Waals surface area contributed by atoms with Crippen molar-refractivity contribution in [2.75, 3.05) is 14.2 Å². The van der Waals surface area contributed by atoms with Crippen LogP contribution in [0.1, 0.15) is 15.9 Å². The Labute approximate surface area is 77.3 Å². The Morgan fingerprint density at radius 3 is 2.69 bits per heavy atom. The van der Waals surface area contributed by atoms with Crippen LogP contribution < -0.4 is 4.74 Å². The van der Waals surface area contributed by atoms with Gasteiger partial charge in [-0.15, -0.1) is 0 Å². The third kappa shape index (κ3) is 2.29. The maximum absolute atomic E-state index is 10.6. The van der Waals surface area contributed by atoms with E-state index in [2.05, 4.69) is 0 Å². The zero-order valence-electron chi connectivity index (χ0n) is 7.74. The Kier molecular flexibility index (Phi) is 3.46. The number of hydrogen-bond donors (Lipinski definition) is 0. The van der Waals surface area contributed by atoms with Crippen molar-refractivity contribution in [3.63, 3.8) is 0 Å². The summed E-state index contributed by atoms with van der Waals surface area (Å²) >= 11 is 0. The summed E-state index contributed by atoms with van der Waals surface area (Å²) in [5.41, 5.74) is 1.52. The molecule has 0 bridgehead atoms. The molecule has 0 saturated carbocycles. The molecule has 1 aromatic carbocycles. The molecule has 0 aliphatic heterocycles. The highest BCUT2D eigenvalue weighted by Crippen LogP contribution is 2.18. The van der Waals surface area contributed by atoms with Crippen LogP contribution in [0.15, 0.2) is 18.2 Å². The minimum atomic E-state index is 0.505. The summed E-state index contributed by atoms with van der Waals surface area (Å²) < 4.78 is 9.94. The standard InChI is InChI=1S/C10H12O3/c1-12-7-8-3-4-10(13-2)9(5-8)6-11/h3-6H,7H2,1-2H3. The summed E-state index contributed by atoms with van der Waals surface area (Å²) in [7, 11) is 3.16. The van der Waals surface area contributed by atoms with Crippen LogP contribution in [-0.4, -0.2) is 20.5 Å². The summed E-state index contributed by atoms with van der Waals surface area (Å²) in [5.74, 6) is 0.592. The lowest BCUT2D eigenvalue weighted by Gasteiger charge is -2.05. The van der Waals surface area contributed by atoms with E-state index < -0.39 is 0 Å². The number of ether oxygens (including phenoxy) is 2. The van der Waals surface area contributed by atoms with Gasteiger partial charge in [0, 0.05) is 7.11 Å². The van der Waals surface area contributed by atoms with Crippen LogP contribution in [0.4, 0.5) is 0 Å². The minimum Gasteiger partial charge on any atom is -0.496 e. The van der Waals surface area contributed by atoms with Crippen LogP contribution in [0, 0.1) is 0 Å². The zero-order chi connectivity index (χ0) is 9.68. The molecule has 0 aliphatic carbocycles. The second kappa shape index (κ2) is 4.62. The number of benzene rings is 1. The smallest absolute Gasteiger partial charge is 0.153 e. The third-order valence-electron chi connectivity index (χ3n) is 1.73. The molecule has 0 saturated heterocycles. The molecule has 3 heteroatoms. The van der Waals surface area contributed by atoms with Crippen molar-refractivity contribution in [3.05, 3.63) is 29.3 Å². The Morgan fingerprint density at radius 2 is 2.15 bits per heavy atom. The van der Waals surface area contributed by atoms with Gasteiger partial charge in [-0.1, -0.05) is 6.07 Å². The van der Waals surface area contributed by atoms with Gasteiger partial charge in [-0.3, -0.25) is 4.79 Å². The molecule has 0 aromatic heterocycles. The first-order valence-electron chi connectivity index (χ1n) is 3.93. The molecule has 0 radical (unpaired) electrons. The van der Waals surface area contributed by atoms with Crippen LogP contribution in [-0.2, 0) is 11.3 Å². The number of carbonyl (C=O) groups excluding carboxylic acids is 1. The van der Waals surface area contributed by atoms with E-state index in [1.807, 2.05) is 6.07 Å². The van der Waals surface area contributed by atoms with Gasteiger partial charge in [-0.25, -0.2) is 0 Å². The van der Waals surface area contributed by atoms with Crippen LogP contribution in [0.3, 0.4) is 0 Å². The monoisotopic (exact) mass is 180 g/mol. The molecule has 3 nitrogen and oxygen atoms in total. The van der Waals surface area contributed by atoms with E-state index in [9.17, 15) is 4.79 Å². The van der Waals surface area contributed by atoms with Crippen molar-refractivity contribution in [1.29, 1.82) is 0 Å². The second-order valence-corrected chi connectivity index (χ2v) is 2.63. The molecule has 0 N–H and O–H groups in total. The number of aldehydes is 1. The predicted octanol–water partition coefficient (Wildman–Crippen LogP) is 1.65. The average Bonchev–Trinajstić information content (AvgIpc) is 2.18. The SMILES string of the molecule is COCc1ccc(OC)c(C=O)c1. The summed E-state index contributed by atoms with van der Waals surface area (Å²) in [5, 5.41) is 0. The molecule has 13 heavy (non-hydrogen) atoms. The van der Waals surface area contributed by atoms with Gasteiger partial charge >= 0.3 is 0 Å². The van der Waals surface area contributed by atoms with Crippen LogP contribution in [0.2, 0.25) is 0 Å². The van der Waals surface area contributed by atoms with E-state index >= 15 is 0 Å². The molecule has 0 heterocycles. The van der Waals surface area contributed by atoms with Crippen molar-refractivity contribution < 1.29 is 14.3 Å². The molecule has 0 fully saturated rings. The zero-order valence-corrected chi connectivity index (χ0v) is 7.74. The maximum Gasteiger partial charge on any atom is 0.153 e. The van der Waals surface area contributed by atoms with Crippen molar-refractivity contribution >= 4 is 6.29 Å². The lowest BCUT2D eigenvalue weighted by Crippen LogP contribution is -1.94. The lowest BCUT2D eigenvalue weighted by atomic mass is 10.1. The average molecular weight is 180 g/mol. The lowest BCUT2D eigenvalue weighted by molar-refractivity contribution is 0.112. The van der Waals surface area contributed by atoms with Gasteiger partial charge in [0.1, 0.15) is 5.75 Å². The van der Waals surface area contributed by atoms with Gasteiger partial charge in [-0.05, 0) is 17.7 Å². The second-order valence-electron chi connectivity index (χ2n) is 2.63. The fraction of sp³-hybridized carbons (Fsp3) is 0.300. The van der Waals surface area contributed by atoms with Gasteiger partial charge in [0.2, 0.25) is 0 Å². The van der Waals surface area contributed by atoms with Crippen LogP contribution in [0.25, 0.3) is 0 Å². The van der Waals surface area contributed by atoms with Gasteiger partial charge in [-0.2, -0.15) is 0 Å². The Bertz CT molecular complexity index is 294. The van der Waals surface area contributed by atoms with Gasteiger partial charge in [0.05, 0.1) is 19.3 Å². The van der Waals surface area contributed by atoms with E-state index in [1.165, 1.54) is 0 Å². The molecule has 1 aromatic rings. The first kappa shape index (κ1) is 9.74. The van der Waals surface area contributed by atoms with E-state index in [0.717, 1.165) is 11.8 Å². The molecule has 0 aliphatic rings. The first-order valence-corrected chi connectivity index (χ1v) is 3.93. The molecule has 0 spiro atoms. The summed E-state index contributed by atoms with van der Waals surface area (Å²) in [6, 6.07) is 5.39. The third-order valence-corrected chi connectivity index (χ3v) is 1.73. The Hall–Kier alpha value is -1.35. The van der Waals surface area contributed by atoms with Crippen molar-refractivity contribution in [1.82, 2.24) is 0 Å². The summed E-state index contributed by atoms with van der Waals surface area (Å²) in [4.78, 5) is 10.6. The normalized spacial score (nSPS) is 9.69. The van der Waals surface area contributed by atoms with Crippen molar-refractivity contribution in [3.8, 4) is 5.75 Å². The Balaban J connectivity index is 2.98. The fourth-order valence-corrected chi connectivity index (χ4v) is 1.13. The highest BCUT2D eigenvalue weighted by molar-refractivity contribution is 5.79. The number of hydrogen-bond acceptors (Lipinski definition) is 3. The predicted molar refractivity (Wildman–Crippen MR) is 49.1 cm³/mol. The highest BCUT2D eigenvalue weighted by atomic mass is 16.5. The minimum absolute atomic E-state index is 0.505. The van der Waals surface area contributed by atoms with Gasteiger partial charge in [0.15, 0.2) is 6.29 Å². The van der Waals surface area contributed by atoms with E-state index in [1.54, 1.807) is 26.4 Å². The number of rotatable bonds is 4. The first-order chi connectivity index (χ1) is 6.31. The molecule has 0 atom stereocenters. The van der Waals surface area contributed by atoms with Crippen LogP contribution >= 0.6 is 0 Å².